The van der Waals surface area contributed by atoms with Gasteiger partial charge in [-0.25, -0.2) is 4.68 Å². The molecular formula is C17H13Cl2N3O4. The number of hydrogen-bond donors (Lipinski definition) is 1. The van der Waals surface area contributed by atoms with Gasteiger partial charge in [0.1, 0.15) is 12.3 Å². The van der Waals surface area contributed by atoms with Crippen molar-refractivity contribution >= 4 is 39.9 Å². The number of halogens is 2. The number of benzene rings is 1. The van der Waals surface area contributed by atoms with E-state index in [9.17, 15) is 9.59 Å². The number of carbonyl (C=O) groups is 1. The van der Waals surface area contributed by atoms with Gasteiger partial charge in [0.25, 0.3) is 5.56 Å². The van der Waals surface area contributed by atoms with E-state index < -0.39 is 18.1 Å². The number of methoxy groups -OCH3 is 1. The van der Waals surface area contributed by atoms with Crippen LogP contribution < -0.4 is 10.3 Å². The third-order valence-electron chi connectivity index (χ3n) is 3.83. The summed E-state index contributed by atoms with van der Waals surface area (Å²) in [7, 11) is 1.48. The molecule has 2 heterocycles. The van der Waals surface area contributed by atoms with Crippen molar-refractivity contribution in [2.24, 2.45) is 0 Å². The zero-order valence-electron chi connectivity index (χ0n) is 13.6. The molecule has 0 bridgehead atoms. The predicted molar refractivity (Wildman–Crippen MR) is 97.3 cm³/mol. The van der Waals surface area contributed by atoms with Crippen molar-refractivity contribution in [1.29, 1.82) is 0 Å². The number of carboxylic acid groups (broad SMARTS) is 1. The van der Waals surface area contributed by atoms with Gasteiger partial charge in [-0.15, -0.1) is 0 Å². The Morgan fingerprint density at radius 1 is 1.23 bits per heavy atom. The largest absolute Gasteiger partial charge is 0.497 e. The smallest absolute Gasteiger partial charge is 0.325 e. The summed E-state index contributed by atoms with van der Waals surface area (Å²) in [5.41, 5.74) is 0.545. The minimum absolute atomic E-state index is 0.211. The molecule has 0 amide bonds. The van der Waals surface area contributed by atoms with E-state index in [2.05, 4.69) is 10.1 Å². The molecule has 0 aliphatic carbocycles. The molecule has 0 spiro atoms. The number of nitrogens with zero attached hydrogens (tertiary/aromatic N) is 3. The number of hydrogen-bond acceptors (Lipinski definition) is 5. The van der Waals surface area contributed by atoms with Gasteiger partial charge in [-0.1, -0.05) is 23.2 Å². The van der Waals surface area contributed by atoms with Gasteiger partial charge in [0.15, 0.2) is 0 Å². The van der Waals surface area contributed by atoms with Crippen molar-refractivity contribution in [2.75, 3.05) is 7.11 Å². The van der Waals surface area contributed by atoms with Crippen LogP contribution in [0.3, 0.4) is 0 Å². The molecular weight excluding hydrogens is 381 g/mol. The molecule has 0 fully saturated rings. The van der Waals surface area contributed by atoms with E-state index in [1.165, 1.54) is 19.5 Å². The fraction of sp³-hybridized carbons (Fsp3) is 0.176. The van der Waals surface area contributed by atoms with Gasteiger partial charge in [0.05, 0.1) is 28.2 Å². The maximum absolute atomic E-state index is 12.6. The molecule has 0 radical (unpaired) electrons. The summed E-state index contributed by atoms with van der Waals surface area (Å²) in [5.74, 6) is -0.693. The van der Waals surface area contributed by atoms with Crippen LogP contribution in [0.5, 0.6) is 5.75 Å². The molecule has 1 aromatic carbocycles. The molecule has 3 rings (SSSR count). The summed E-state index contributed by atoms with van der Waals surface area (Å²) in [6, 6.07) is 4.95. The molecule has 0 saturated heterocycles. The second-order valence-electron chi connectivity index (χ2n) is 5.47. The van der Waals surface area contributed by atoms with Crippen molar-refractivity contribution in [1.82, 2.24) is 14.8 Å². The molecule has 134 valence electrons. The van der Waals surface area contributed by atoms with E-state index in [4.69, 9.17) is 33.0 Å². The SMILES string of the molecule is COc1ccc2c(Cc3c(Cl)cncc3Cl)nn(CC(=O)O)c(=O)c2c1. The maximum atomic E-state index is 12.6. The Morgan fingerprint density at radius 2 is 1.92 bits per heavy atom. The van der Waals surface area contributed by atoms with Crippen molar-refractivity contribution in [3.63, 3.8) is 0 Å². The summed E-state index contributed by atoms with van der Waals surface area (Å²) in [4.78, 5) is 27.6. The first-order valence-corrected chi connectivity index (χ1v) is 8.23. The highest BCUT2D eigenvalue weighted by atomic mass is 35.5. The Hall–Kier alpha value is -2.64. The molecule has 0 unspecified atom stereocenters. The van der Waals surface area contributed by atoms with Gasteiger partial charge >= 0.3 is 5.97 Å². The molecule has 0 aliphatic heterocycles. The van der Waals surface area contributed by atoms with Crippen LogP contribution in [0.4, 0.5) is 0 Å². The zero-order valence-corrected chi connectivity index (χ0v) is 15.1. The second-order valence-corrected chi connectivity index (χ2v) is 6.29. The Kier molecular flexibility index (Phi) is 5.11. The summed E-state index contributed by atoms with van der Waals surface area (Å²) in [6.07, 6.45) is 3.13. The number of fused-ring (bicyclic) bond motifs is 1. The second kappa shape index (κ2) is 7.31. The fourth-order valence-corrected chi connectivity index (χ4v) is 3.10. The molecule has 26 heavy (non-hydrogen) atoms. The van der Waals surface area contributed by atoms with Crippen LogP contribution in [0.1, 0.15) is 11.3 Å². The number of ether oxygens (including phenoxy) is 1. The highest BCUT2D eigenvalue weighted by molar-refractivity contribution is 6.35. The molecule has 2 aromatic heterocycles. The van der Waals surface area contributed by atoms with Crippen molar-refractivity contribution < 1.29 is 14.6 Å². The van der Waals surface area contributed by atoms with Crippen LogP contribution in [0.25, 0.3) is 10.8 Å². The molecule has 7 nitrogen and oxygen atoms in total. The Morgan fingerprint density at radius 3 is 2.54 bits per heavy atom. The van der Waals surface area contributed by atoms with E-state index in [1.807, 2.05) is 0 Å². The lowest BCUT2D eigenvalue weighted by Crippen LogP contribution is -2.28. The molecule has 0 atom stereocenters. The lowest BCUT2D eigenvalue weighted by Gasteiger charge is -2.12. The Balaban J connectivity index is 2.24. The Bertz CT molecular complexity index is 1050. The zero-order chi connectivity index (χ0) is 18.8. The number of aromatic nitrogens is 3. The normalized spacial score (nSPS) is 10.9. The van der Waals surface area contributed by atoms with E-state index >= 15 is 0 Å². The van der Waals surface area contributed by atoms with E-state index in [-0.39, 0.29) is 6.42 Å². The van der Waals surface area contributed by atoms with Crippen LogP contribution in [0, 0.1) is 0 Å². The van der Waals surface area contributed by atoms with Crippen LogP contribution in [0.2, 0.25) is 10.0 Å². The van der Waals surface area contributed by atoms with Gasteiger partial charge < -0.3 is 9.84 Å². The van der Waals surface area contributed by atoms with Crippen molar-refractivity contribution in [3.8, 4) is 5.75 Å². The van der Waals surface area contributed by atoms with Crippen molar-refractivity contribution in [3.05, 3.63) is 62.2 Å². The van der Waals surface area contributed by atoms with Crippen LogP contribution in [-0.2, 0) is 17.8 Å². The lowest BCUT2D eigenvalue weighted by atomic mass is 10.0. The minimum Gasteiger partial charge on any atom is -0.497 e. The first-order valence-electron chi connectivity index (χ1n) is 7.48. The van der Waals surface area contributed by atoms with Crippen LogP contribution in [0.15, 0.2) is 35.4 Å². The monoisotopic (exact) mass is 393 g/mol. The topological polar surface area (TPSA) is 94.3 Å². The summed E-state index contributed by atoms with van der Waals surface area (Å²) >= 11 is 12.4. The van der Waals surface area contributed by atoms with E-state index in [1.54, 1.807) is 18.2 Å². The van der Waals surface area contributed by atoms with Crippen LogP contribution >= 0.6 is 23.2 Å². The van der Waals surface area contributed by atoms with Gasteiger partial charge in [-0.3, -0.25) is 14.6 Å². The van der Waals surface area contributed by atoms with Gasteiger partial charge in [0, 0.05) is 24.2 Å². The van der Waals surface area contributed by atoms with Gasteiger partial charge in [0.2, 0.25) is 0 Å². The number of pyridine rings is 1. The lowest BCUT2D eigenvalue weighted by molar-refractivity contribution is -0.138. The van der Waals surface area contributed by atoms with Gasteiger partial charge in [-0.2, -0.15) is 5.10 Å². The fourth-order valence-electron chi connectivity index (χ4n) is 2.60. The van der Waals surface area contributed by atoms with E-state index in [0.29, 0.717) is 37.8 Å². The highest BCUT2D eigenvalue weighted by Gasteiger charge is 2.16. The first kappa shape index (κ1) is 18.2. The van der Waals surface area contributed by atoms with E-state index in [0.717, 1.165) is 4.68 Å². The summed E-state index contributed by atoms with van der Waals surface area (Å²) in [5, 5.41) is 14.9. The molecule has 1 N–H and O–H groups in total. The average molecular weight is 394 g/mol. The number of rotatable bonds is 5. The first-order chi connectivity index (χ1) is 12.4. The number of carboxylic acids is 1. The van der Waals surface area contributed by atoms with Crippen LogP contribution in [-0.4, -0.2) is 33.0 Å². The van der Waals surface area contributed by atoms with Crippen molar-refractivity contribution in [2.45, 2.75) is 13.0 Å². The highest BCUT2D eigenvalue weighted by Crippen LogP contribution is 2.28. The molecule has 0 saturated carbocycles. The Labute approximate surface area is 157 Å². The third kappa shape index (κ3) is 3.49. The quantitative estimate of drug-likeness (QED) is 0.715. The van der Waals surface area contributed by atoms with Gasteiger partial charge in [-0.05, 0) is 23.8 Å². The maximum Gasteiger partial charge on any atom is 0.325 e. The molecule has 3 aromatic rings. The summed E-state index contributed by atoms with van der Waals surface area (Å²) < 4.78 is 6.06. The minimum atomic E-state index is -1.17. The number of aliphatic carboxylic acids is 1. The predicted octanol–water partition coefficient (Wildman–Crippen LogP) is 2.78. The molecule has 9 heteroatoms. The molecule has 0 aliphatic rings. The standard InChI is InChI=1S/C17H13Cl2N3O4/c1-26-9-2-3-10-11(4-9)17(25)22(8-16(23)24)21-15(10)5-12-13(18)6-20-7-14(12)19/h2-4,6-7H,5,8H2,1H3,(H,23,24). The average Bonchev–Trinajstić information content (AvgIpc) is 2.61. The third-order valence-corrected chi connectivity index (χ3v) is 4.48. The summed E-state index contributed by atoms with van der Waals surface area (Å²) in [6.45, 7) is -0.559.